The molecule has 72 valence electrons. The lowest BCUT2D eigenvalue weighted by molar-refractivity contribution is -0.115. The van der Waals surface area contributed by atoms with Crippen LogP contribution >= 0.6 is 0 Å². The molecule has 0 heterocycles. The van der Waals surface area contributed by atoms with E-state index in [0.29, 0.717) is 18.6 Å². The van der Waals surface area contributed by atoms with E-state index in [4.69, 9.17) is 4.74 Å². The molecule has 0 aromatic carbocycles. The fourth-order valence-electron chi connectivity index (χ4n) is 1.10. The van der Waals surface area contributed by atoms with Crippen LogP contribution in [-0.4, -0.2) is 18.5 Å². The Labute approximate surface area is 76.5 Å². The number of rotatable bonds is 2. The van der Waals surface area contributed by atoms with E-state index in [1.807, 2.05) is 0 Å². The number of ether oxygens (including phenoxy) is 2. The van der Waals surface area contributed by atoms with Crippen LogP contribution in [0.15, 0.2) is 11.8 Å². The van der Waals surface area contributed by atoms with Gasteiger partial charge in [-0.15, -0.1) is 0 Å². The first kappa shape index (κ1) is 9.77. The normalized spacial score (nSPS) is 16.4. The minimum atomic E-state index is -0.733. The van der Waals surface area contributed by atoms with Crippen molar-refractivity contribution in [2.24, 2.45) is 0 Å². The van der Waals surface area contributed by atoms with Gasteiger partial charge in [-0.05, 0) is 13.3 Å². The van der Waals surface area contributed by atoms with Crippen molar-refractivity contribution in [2.45, 2.75) is 26.2 Å². The van der Waals surface area contributed by atoms with Crippen molar-refractivity contribution in [3.05, 3.63) is 11.8 Å². The molecule has 0 saturated carbocycles. The van der Waals surface area contributed by atoms with Crippen molar-refractivity contribution < 1.29 is 19.1 Å². The molecular formula is C9H12O4. The maximum absolute atomic E-state index is 10.9. The average molecular weight is 184 g/mol. The Bertz CT molecular complexity index is 242. The average Bonchev–Trinajstić information content (AvgIpc) is 2.04. The molecule has 0 amide bonds. The molecule has 4 nitrogen and oxygen atoms in total. The summed E-state index contributed by atoms with van der Waals surface area (Å²) in [4.78, 5) is 21.7. The van der Waals surface area contributed by atoms with Crippen molar-refractivity contribution >= 4 is 11.9 Å². The van der Waals surface area contributed by atoms with E-state index in [2.05, 4.69) is 4.74 Å². The molecule has 0 unspecified atom stereocenters. The molecule has 0 radical (unpaired) electrons. The van der Waals surface area contributed by atoms with Crippen LogP contribution in [0.1, 0.15) is 26.2 Å². The highest BCUT2D eigenvalue weighted by molar-refractivity contribution is 5.91. The van der Waals surface area contributed by atoms with Crippen molar-refractivity contribution in [1.29, 1.82) is 0 Å². The summed E-state index contributed by atoms with van der Waals surface area (Å²) in [5.41, 5.74) is 0. The van der Waals surface area contributed by atoms with Gasteiger partial charge in [-0.1, -0.05) is 0 Å². The molecule has 4 heteroatoms. The Hall–Kier alpha value is -1.32. The Morgan fingerprint density at radius 3 is 2.92 bits per heavy atom. The van der Waals surface area contributed by atoms with Gasteiger partial charge in [0.15, 0.2) is 5.78 Å². The molecule has 0 aromatic heterocycles. The second-order valence-corrected chi connectivity index (χ2v) is 2.72. The third-order valence-corrected chi connectivity index (χ3v) is 1.64. The van der Waals surface area contributed by atoms with Crippen LogP contribution in [0.3, 0.4) is 0 Å². The number of carbonyl (C=O) groups excluding carboxylic acids is 2. The van der Waals surface area contributed by atoms with E-state index in [0.717, 1.165) is 6.42 Å². The summed E-state index contributed by atoms with van der Waals surface area (Å²) in [5.74, 6) is 0.417. The number of hydrogen-bond donors (Lipinski definition) is 0. The van der Waals surface area contributed by atoms with Gasteiger partial charge in [-0.25, -0.2) is 4.79 Å². The lowest BCUT2D eigenvalue weighted by Crippen LogP contribution is -2.11. The summed E-state index contributed by atoms with van der Waals surface area (Å²) in [6.07, 6.45) is 2.54. The summed E-state index contributed by atoms with van der Waals surface area (Å²) in [5, 5.41) is 0. The maximum Gasteiger partial charge on any atom is 0.513 e. The quantitative estimate of drug-likeness (QED) is 0.614. The van der Waals surface area contributed by atoms with Crippen molar-refractivity contribution in [2.75, 3.05) is 6.61 Å². The zero-order chi connectivity index (χ0) is 9.68. The predicted molar refractivity (Wildman–Crippen MR) is 45.0 cm³/mol. The first-order chi connectivity index (χ1) is 6.22. The first-order valence-corrected chi connectivity index (χ1v) is 4.30. The van der Waals surface area contributed by atoms with Crippen LogP contribution in [0, 0.1) is 0 Å². The standard InChI is InChI=1S/C9H12O4/c1-2-12-9(11)13-8-5-3-4-7(10)6-8/h6H,2-5H2,1H3. The highest BCUT2D eigenvalue weighted by atomic mass is 16.7. The van der Waals surface area contributed by atoms with Gasteiger partial charge >= 0.3 is 6.16 Å². The summed E-state index contributed by atoms with van der Waals surface area (Å²) >= 11 is 0. The van der Waals surface area contributed by atoms with E-state index in [-0.39, 0.29) is 12.4 Å². The summed E-state index contributed by atoms with van der Waals surface area (Å²) in [6.45, 7) is 1.97. The molecule has 0 N–H and O–H groups in total. The molecule has 0 aromatic rings. The highest BCUT2D eigenvalue weighted by Gasteiger charge is 2.14. The van der Waals surface area contributed by atoms with Crippen LogP contribution in [0.25, 0.3) is 0 Å². The van der Waals surface area contributed by atoms with Gasteiger partial charge in [-0.3, -0.25) is 4.79 Å². The van der Waals surface area contributed by atoms with Crippen molar-refractivity contribution in [3.63, 3.8) is 0 Å². The molecule has 13 heavy (non-hydrogen) atoms. The van der Waals surface area contributed by atoms with Gasteiger partial charge in [-0.2, -0.15) is 0 Å². The summed E-state index contributed by atoms with van der Waals surface area (Å²) < 4.78 is 9.35. The molecular weight excluding hydrogens is 172 g/mol. The molecule has 0 spiro atoms. The zero-order valence-electron chi connectivity index (χ0n) is 7.54. The molecule has 0 saturated heterocycles. The monoisotopic (exact) mass is 184 g/mol. The number of hydrogen-bond acceptors (Lipinski definition) is 4. The van der Waals surface area contributed by atoms with E-state index < -0.39 is 6.16 Å². The van der Waals surface area contributed by atoms with Gasteiger partial charge in [0, 0.05) is 18.9 Å². The molecule has 1 aliphatic rings. The van der Waals surface area contributed by atoms with Gasteiger partial charge < -0.3 is 9.47 Å². The van der Waals surface area contributed by atoms with Crippen LogP contribution in [0.2, 0.25) is 0 Å². The Morgan fingerprint density at radius 1 is 1.54 bits per heavy atom. The fourth-order valence-corrected chi connectivity index (χ4v) is 1.10. The second kappa shape index (κ2) is 4.64. The Morgan fingerprint density at radius 2 is 2.31 bits per heavy atom. The lowest BCUT2D eigenvalue weighted by atomic mass is 10.1. The van der Waals surface area contributed by atoms with Crippen LogP contribution in [0.5, 0.6) is 0 Å². The molecule has 0 bridgehead atoms. The Balaban J connectivity index is 2.44. The summed E-state index contributed by atoms with van der Waals surface area (Å²) in [6, 6.07) is 0. The summed E-state index contributed by atoms with van der Waals surface area (Å²) in [7, 11) is 0. The molecule has 0 fully saturated rings. The zero-order valence-corrected chi connectivity index (χ0v) is 7.54. The minimum Gasteiger partial charge on any atom is -0.434 e. The number of allylic oxidation sites excluding steroid dienone is 2. The van der Waals surface area contributed by atoms with Gasteiger partial charge in [0.2, 0.25) is 0 Å². The van der Waals surface area contributed by atoms with Gasteiger partial charge in [0.05, 0.1) is 6.61 Å². The van der Waals surface area contributed by atoms with Gasteiger partial charge in [0.1, 0.15) is 5.76 Å². The van der Waals surface area contributed by atoms with E-state index >= 15 is 0 Å². The number of ketones is 1. The fraction of sp³-hybridized carbons (Fsp3) is 0.556. The second-order valence-electron chi connectivity index (χ2n) is 2.72. The van der Waals surface area contributed by atoms with Crippen LogP contribution < -0.4 is 0 Å². The smallest absolute Gasteiger partial charge is 0.434 e. The molecule has 1 rings (SSSR count). The first-order valence-electron chi connectivity index (χ1n) is 4.30. The third-order valence-electron chi connectivity index (χ3n) is 1.64. The Kier molecular flexibility index (Phi) is 3.49. The SMILES string of the molecule is CCOC(=O)OC1=CC(=O)CCC1. The molecule has 0 aliphatic heterocycles. The van der Waals surface area contributed by atoms with Crippen molar-refractivity contribution in [3.8, 4) is 0 Å². The topological polar surface area (TPSA) is 52.6 Å². The highest BCUT2D eigenvalue weighted by Crippen LogP contribution is 2.16. The molecule has 0 atom stereocenters. The van der Waals surface area contributed by atoms with Crippen LogP contribution in [0.4, 0.5) is 4.79 Å². The number of carbonyl (C=O) groups is 2. The van der Waals surface area contributed by atoms with Gasteiger partial charge in [0.25, 0.3) is 0 Å². The third kappa shape index (κ3) is 3.27. The van der Waals surface area contributed by atoms with E-state index in [9.17, 15) is 9.59 Å². The molecule has 1 aliphatic carbocycles. The minimum absolute atomic E-state index is 0.00514. The van der Waals surface area contributed by atoms with E-state index in [1.54, 1.807) is 6.92 Å². The van der Waals surface area contributed by atoms with Crippen molar-refractivity contribution in [1.82, 2.24) is 0 Å². The maximum atomic E-state index is 10.9. The lowest BCUT2D eigenvalue weighted by Gasteiger charge is -2.11. The largest absolute Gasteiger partial charge is 0.513 e. The van der Waals surface area contributed by atoms with E-state index in [1.165, 1.54) is 6.08 Å². The predicted octanol–water partition coefficient (Wildman–Crippen LogP) is 1.80. The van der Waals surface area contributed by atoms with Crippen LogP contribution in [-0.2, 0) is 14.3 Å².